The SMILES string of the molecule is COc1ccc(OCCCCn2c([C@@H]3CC(=O)N(c4ccccc4Cl)C3)nc3ccccc32)cc1. The number of carbonyl (C=O) groups is 1. The summed E-state index contributed by atoms with van der Waals surface area (Å²) in [6.45, 7) is 2.03. The van der Waals surface area contributed by atoms with Crippen LogP contribution in [-0.2, 0) is 11.3 Å². The van der Waals surface area contributed by atoms with Crippen LogP contribution < -0.4 is 14.4 Å². The number of unbranched alkanes of at least 4 members (excludes halogenated alkanes) is 1. The molecule has 5 rings (SSSR count). The average Bonchev–Trinajstić information content (AvgIpc) is 3.45. The summed E-state index contributed by atoms with van der Waals surface area (Å²) in [5, 5.41) is 0.590. The number of ether oxygens (including phenoxy) is 2. The van der Waals surface area contributed by atoms with Gasteiger partial charge in [-0.15, -0.1) is 0 Å². The molecule has 35 heavy (non-hydrogen) atoms. The van der Waals surface area contributed by atoms with Crippen LogP contribution in [0.3, 0.4) is 0 Å². The van der Waals surface area contributed by atoms with E-state index in [0.29, 0.717) is 24.6 Å². The maximum atomic E-state index is 12.9. The van der Waals surface area contributed by atoms with Crippen molar-refractivity contribution >= 4 is 34.2 Å². The molecule has 0 saturated carbocycles. The van der Waals surface area contributed by atoms with E-state index in [1.807, 2.05) is 66.7 Å². The van der Waals surface area contributed by atoms with Crippen LogP contribution in [-0.4, -0.2) is 35.7 Å². The van der Waals surface area contributed by atoms with Crippen molar-refractivity contribution < 1.29 is 14.3 Å². The topological polar surface area (TPSA) is 56.6 Å². The van der Waals surface area contributed by atoms with E-state index < -0.39 is 0 Å². The monoisotopic (exact) mass is 489 g/mol. The number of imidazole rings is 1. The van der Waals surface area contributed by atoms with Crippen molar-refractivity contribution in [1.29, 1.82) is 0 Å². The largest absolute Gasteiger partial charge is 0.497 e. The van der Waals surface area contributed by atoms with Gasteiger partial charge in [0.2, 0.25) is 5.91 Å². The number of amides is 1. The molecule has 1 aromatic heterocycles. The number of aromatic nitrogens is 2. The summed E-state index contributed by atoms with van der Waals surface area (Å²) in [7, 11) is 1.65. The number of carbonyl (C=O) groups excluding carboxylic acids is 1. The van der Waals surface area contributed by atoms with Crippen molar-refractivity contribution in [3.8, 4) is 11.5 Å². The number of hydrogen-bond acceptors (Lipinski definition) is 4. The molecule has 1 fully saturated rings. The fraction of sp³-hybridized carbons (Fsp3) is 0.286. The van der Waals surface area contributed by atoms with Gasteiger partial charge in [-0.05, 0) is 61.4 Å². The van der Waals surface area contributed by atoms with E-state index in [2.05, 4.69) is 10.6 Å². The van der Waals surface area contributed by atoms with Gasteiger partial charge in [-0.3, -0.25) is 4.79 Å². The van der Waals surface area contributed by atoms with E-state index >= 15 is 0 Å². The van der Waals surface area contributed by atoms with Gasteiger partial charge >= 0.3 is 0 Å². The Morgan fingerprint density at radius 1 is 0.971 bits per heavy atom. The molecule has 0 spiro atoms. The molecule has 0 unspecified atom stereocenters. The summed E-state index contributed by atoms with van der Waals surface area (Å²) in [5.74, 6) is 2.71. The molecule has 1 aliphatic heterocycles. The third-order valence-electron chi connectivity index (χ3n) is 6.42. The molecule has 0 N–H and O–H groups in total. The van der Waals surface area contributed by atoms with E-state index in [1.165, 1.54) is 0 Å². The fourth-order valence-corrected chi connectivity index (χ4v) is 4.90. The standard InChI is InChI=1S/C28H28ClN3O3/c1-34-21-12-14-22(15-13-21)35-17-7-6-16-31-26-11-5-3-9-24(26)30-28(31)20-18-27(33)32(19-20)25-10-4-2-8-23(25)29/h2-5,8-15,20H,6-7,16-19H2,1H3/t20-/m1/s1. The lowest BCUT2D eigenvalue weighted by molar-refractivity contribution is -0.117. The molecular formula is C28H28ClN3O3. The zero-order valence-corrected chi connectivity index (χ0v) is 20.4. The maximum absolute atomic E-state index is 12.9. The highest BCUT2D eigenvalue weighted by atomic mass is 35.5. The third kappa shape index (κ3) is 4.98. The summed E-state index contributed by atoms with van der Waals surface area (Å²) < 4.78 is 13.4. The number of fused-ring (bicyclic) bond motifs is 1. The minimum atomic E-state index is 0.0155. The smallest absolute Gasteiger partial charge is 0.227 e. The number of halogens is 1. The number of nitrogens with zero attached hydrogens (tertiary/aromatic N) is 3. The van der Waals surface area contributed by atoms with Gasteiger partial charge in [0.1, 0.15) is 17.3 Å². The first-order chi connectivity index (χ1) is 17.1. The molecule has 0 bridgehead atoms. The van der Waals surface area contributed by atoms with Crippen molar-refractivity contribution in [2.75, 3.05) is 25.2 Å². The summed E-state index contributed by atoms with van der Waals surface area (Å²) in [5.41, 5.74) is 2.82. The van der Waals surface area contributed by atoms with Gasteiger partial charge in [0.25, 0.3) is 0 Å². The molecule has 6 nitrogen and oxygen atoms in total. The number of anilines is 1. The molecule has 2 heterocycles. The van der Waals surface area contributed by atoms with Gasteiger partial charge < -0.3 is 18.9 Å². The molecule has 180 valence electrons. The zero-order chi connectivity index (χ0) is 24.2. The molecule has 0 radical (unpaired) electrons. The number of methoxy groups -OCH3 is 1. The predicted molar refractivity (Wildman–Crippen MR) is 139 cm³/mol. The number of para-hydroxylation sites is 3. The highest BCUT2D eigenvalue weighted by molar-refractivity contribution is 6.33. The first-order valence-corrected chi connectivity index (χ1v) is 12.3. The lowest BCUT2D eigenvalue weighted by Gasteiger charge is -2.18. The molecule has 1 atom stereocenters. The van der Waals surface area contributed by atoms with Crippen molar-refractivity contribution in [3.05, 3.63) is 83.6 Å². The minimum Gasteiger partial charge on any atom is -0.497 e. The van der Waals surface area contributed by atoms with Gasteiger partial charge in [-0.25, -0.2) is 4.98 Å². The Kier molecular flexibility index (Phi) is 6.91. The zero-order valence-electron chi connectivity index (χ0n) is 19.7. The van der Waals surface area contributed by atoms with Crippen molar-refractivity contribution in [1.82, 2.24) is 9.55 Å². The van der Waals surface area contributed by atoms with E-state index in [-0.39, 0.29) is 11.8 Å². The summed E-state index contributed by atoms with van der Waals surface area (Å²) in [6, 6.07) is 23.3. The van der Waals surface area contributed by atoms with Gasteiger partial charge in [0, 0.05) is 25.4 Å². The predicted octanol–water partition coefficient (Wildman–Crippen LogP) is 6.08. The minimum absolute atomic E-state index is 0.0155. The Labute approximate surface area is 210 Å². The molecular weight excluding hydrogens is 462 g/mol. The normalized spacial score (nSPS) is 15.7. The Bertz CT molecular complexity index is 1320. The second-order valence-corrected chi connectivity index (χ2v) is 9.11. The van der Waals surface area contributed by atoms with Gasteiger partial charge in [-0.1, -0.05) is 35.9 Å². The Morgan fingerprint density at radius 2 is 1.71 bits per heavy atom. The lowest BCUT2D eigenvalue weighted by Crippen LogP contribution is -2.24. The van der Waals surface area contributed by atoms with Crippen LogP contribution in [0.5, 0.6) is 11.5 Å². The van der Waals surface area contributed by atoms with Gasteiger partial charge in [-0.2, -0.15) is 0 Å². The number of rotatable bonds is 9. The Hall–Kier alpha value is -3.51. The van der Waals surface area contributed by atoms with Crippen LogP contribution in [0.2, 0.25) is 5.02 Å². The lowest BCUT2D eigenvalue weighted by atomic mass is 10.1. The highest BCUT2D eigenvalue weighted by Gasteiger charge is 2.35. The molecule has 1 aliphatic rings. The molecule has 0 aliphatic carbocycles. The van der Waals surface area contributed by atoms with E-state index in [1.54, 1.807) is 12.0 Å². The first-order valence-electron chi connectivity index (χ1n) is 11.9. The molecule has 7 heteroatoms. The summed E-state index contributed by atoms with van der Waals surface area (Å²) >= 11 is 6.38. The summed E-state index contributed by atoms with van der Waals surface area (Å²) in [4.78, 5) is 19.7. The number of aryl methyl sites for hydroxylation is 1. The van der Waals surface area contributed by atoms with Crippen LogP contribution >= 0.6 is 11.6 Å². The number of benzene rings is 3. The van der Waals surface area contributed by atoms with Gasteiger partial charge in [0.15, 0.2) is 0 Å². The van der Waals surface area contributed by atoms with Crippen LogP contribution in [0.4, 0.5) is 5.69 Å². The average molecular weight is 490 g/mol. The van der Waals surface area contributed by atoms with Crippen LogP contribution in [0.15, 0.2) is 72.8 Å². The Morgan fingerprint density at radius 3 is 2.51 bits per heavy atom. The van der Waals surface area contributed by atoms with Crippen molar-refractivity contribution in [3.63, 3.8) is 0 Å². The third-order valence-corrected chi connectivity index (χ3v) is 6.74. The van der Waals surface area contributed by atoms with Crippen LogP contribution in [0.1, 0.15) is 31.0 Å². The van der Waals surface area contributed by atoms with Gasteiger partial charge in [0.05, 0.1) is 35.5 Å². The second kappa shape index (κ2) is 10.4. The van der Waals surface area contributed by atoms with E-state index in [4.69, 9.17) is 26.1 Å². The van der Waals surface area contributed by atoms with Crippen molar-refractivity contribution in [2.24, 2.45) is 0 Å². The molecule has 1 saturated heterocycles. The summed E-state index contributed by atoms with van der Waals surface area (Å²) in [6.07, 6.45) is 2.28. The molecule has 1 amide bonds. The number of hydrogen-bond donors (Lipinski definition) is 0. The highest BCUT2D eigenvalue weighted by Crippen LogP contribution is 2.36. The maximum Gasteiger partial charge on any atom is 0.227 e. The van der Waals surface area contributed by atoms with Crippen LogP contribution in [0, 0.1) is 0 Å². The molecule has 4 aromatic rings. The Balaban J connectivity index is 1.28. The van der Waals surface area contributed by atoms with Crippen molar-refractivity contribution in [2.45, 2.75) is 31.7 Å². The van der Waals surface area contributed by atoms with E-state index in [0.717, 1.165) is 53.4 Å². The fourth-order valence-electron chi connectivity index (χ4n) is 4.66. The van der Waals surface area contributed by atoms with Crippen LogP contribution in [0.25, 0.3) is 11.0 Å². The second-order valence-electron chi connectivity index (χ2n) is 8.70. The molecule has 3 aromatic carbocycles. The van der Waals surface area contributed by atoms with E-state index in [9.17, 15) is 4.79 Å². The quantitative estimate of drug-likeness (QED) is 0.267. The first kappa shape index (κ1) is 23.2.